The molecule has 5 heteroatoms. The minimum atomic E-state index is -3.49. The van der Waals surface area contributed by atoms with Gasteiger partial charge in [-0.05, 0) is 49.4 Å². The summed E-state index contributed by atoms with van der Waals surface area (Å²) in [6.45, 7) is 9.72. The monoisotopic (exact) mass is 317 g/mol. The third kappa shape index (κ3) is 3.35. The zero-order chi connectivity index (χ0) is 15.7. The Hall–Kier alpha value is -0.580. The normalized spacial score (nSPS) is 14.1. The summed E-state index contributed by atoms with van der Waals surface area (Å²) >= 11 is 5.86. The molecule has 0 bridgehead atoms. The quantitative estimate of drug-likeness (QED) is 0.776. The van der Waals surface area contributed by atoms with Gasteiger partial charge in [0, 0.05) is 19.0 Å². The molecule has 1 rings (SSSR count). The molecular weight excluding hydrogens is 294 g/mol. The number of sulfonamides is 1. The van der Waals surface area contributed by atoms with Crippen LogP contribution in [0.2, 0.25) is 0 Å². The zero-order valence-electron chi connectivity index (χ0n) is 13.1. The molecule has 0 heterocycles. The fraction of sp³-hybridized carbons (Fsp3) is 0.600. The minimum Gasteiger partial charge on any atom is -0.207 e. The van der Waals surface area contributed by atoms with Crippen molar-refractivity contribution in [3.05, 3.63) is 28.8 Å². The lowest BCUT2D eigenvalue weighted by atomic mass is 10.1. The summed E-state index contributed by atoms with van der Waals surface area (Å²) < 4.78 is 27.1. The lowest BCUT2D eigenvalue weighted by Crippen LogP contribution is -2.38. The largest absolute Gasteiger partial charge is 0.243 e. The number of benzene rings is 1. The van der Waals surface area contributed by atoms with Crippen LogP contribution in [0.4, 0.5) is 0 Å². The van der Waals surface area contributed by atoms with E-state index in [0.29, 0.717) is 10.8 Å². The molecule has 1 unspecified atom stereocenters. The molecule has 0 radical (unpaired) electrons. The Labute approximate surface area is 128 Å². The first-order valence-electron chi connectivity index (χ1n) is 6.77. The van der Waals surface area contributed by atoms with Crippen molar-refractivity contribution >= 4 is 21.6 Å². The molecule has 0 aliphatic carbocycles. The van der Waals surface area contributed by atoms with Crippen molar-refractivity contribution in [2.75, 3.05) is 7.05 Å². The van der Waals surface area contributed by atoms with Crippen LogP contribution in [0, 0.1) is 19.8 Å². The fourth-order valence-corrected chi connectivity index (χ4v) is 4.03. The Kier molecular flexibility index (Phi) is 5.64. The van der Waals surface area contributed by atoms with Gasteiger partial charge in [0.25, 0.3) is 0 Å². The summed E-state index contributed by atoms with van der Waals surface area (Å²) in [6.07, 6.45) is 0. The first kappa shape index (κ1) is 17.5. The van der Waals surface area contributed by atoms with Gasteiger partial charge in [-0.2, -0.15) is 4.31 Å². The maximum atomic E-state index is 12.8. The SMILES string of the molecule is Cc1cc(CCl)cc(S(=O)(=O)N(C)C(C)C(C)C)c1C. The molecule has 0 aliphatic rings. The first-order chi connectivity index (χ1) is 9.12. The maximum absolute atomic E-state index is 12.8. The average Bonchev–Trinajstić information content (AvgIpc) is 2.39. The van der Waals surface area contributed by atoms with Crippen molar-refractivity contribution in [3.63, 3.8) is 0 Å². The molecule has 3 nitrogen and oxygen atoms in total. The summed E-state index contributed by atoms with van der Waals surface area (Å²) in [5.74, 6) is 0.569. The van der Waals surface area contributed by atoms with Crippen LogP contribution >= 0.6 is 11.6 Å². The summed E-state index contributed by atoms with van der Waals surface area (Å²) in [5.41, 5.74) is 2.58. The van der Waals surface area contributed by atoms with Crippen molar-refractivity contribution in [1.29, 1.82) is 0 Å². The second-order valence-corrected chi connectivity index (χ2v) is 7.91. The fourth-order valence-electron chi connectivity index (χ4n) is 2.04. The molecule has 114 valence electrons. The van der Waals surface area contributed by atoms with Crippen molar-refractivity contribution < 1.29 is 8.42 Å². The molecule has 0 aliphatic heterocycles. The predicted octanol–water partition coefficient (Wildman–Crippen LogP) is 3.71. The Morgan fingerprint density at radius 2 is 1.75 bits per heavy atom. The molecule has 1 aromatic rings. The van der Waals surface area contributed by atoms with E-state index in [0.717, 1.165) is 16.7 Å². The number of nitrogens with zero attached hydrogens (tertiary/aromatic N) is 1. The van der Waals surface area contributed by atoms with E-state index in [2.05, 4.69) is 0 Å². The van der Waals surface area contributed by atoms with Gasteiger partial charge in [-0.3, -0.25) is 0 Å². The Morgan fingerprint density at radius 3 is 2.20 bits per heavy atom. The minimum absolute atomic E-state index is 0.0561. The summed E-state index contributed by atoms with van der Waals surface area (Å²) in [6, 6.07) is 3.57. The van der Waals surface area contributed by atoms with Crippen molar-refractivity contribution in [1.82, 2.24) is 4.31 Å². The van der Waals surface area contributed by atoms with Gasteiger partial charge in [-0.25, -0.2) is 8.42 Å². The number of hydrogen-bond donors (Lipinski definition) is 0. The maximum Gasteiger partial charge on any atom is 0.243 e. The Bertz CT molecular complexity index is 582. The summed E-state index contributed by atoms with van der Waals surface area (Å²) in [5, 5.41) is 0. The number of halogens is 1. The molecule has 0 saturated carbocycles. The first-order valence-corrected chi connectivity index (χ1v) is 8.74. The standard InChI is InChI=1S/C15H24ClNO2S/c1-10(2)13(5)17(6)20(18,19)15-8-14(9-16)7-11(3)12(15)4/h7-8,10,13H,9H2,1-6H3. The van der Waals surface area contributed by atoms with Gasteiger partial charge in [-0.1, -0.05) is 19.9 Å². The Morgan fingerprint density at radius 1 is 1.20 bits per heavy atom. The molecule has 0 spiro atoms. The molecule has 0 saturated heterocycles. The van der Waals surface area contributed by atoms with E-state index in [1.54, 1.807) is 13.1 Å². The molecule has 0 N–H and O–H groups in total. The van der Waals surface area contributed by atoms with Crippen molar-refractivity contribution in [2.45, 2.75) is 51.4 Å². The third-order valence-corrected chi connectivity index (χ3v) is 6.41. The molecule has 20 heavy (non-hydrogen) atoms. The van der Waals surface area contributed by atoms with Crippen LogP contribution in [0.25, 0.3) is 0 Å². The van der Waals surface area contributed by atoms with Crippen LogP contribution in [-0.2, 0) is 15.9 Å². The predicted molar refractivity (Wildman–Crippen MR) is 84.7 cm³/mol. The highest BCUT2D eigenvalue weighted by atomic mass is 35.5. The van der Waals surface area contributed by atoms with Crippen LogP contribution in [0.1, 0.15) is 37.5 Å². The average molecular weight is 318 g/mol. The van der Waals surface area contributed by atoms with Crippen LogP contribution in [0.3, 0.4) is 0 Å². The van der Waals surface area contributed by atoms with Gasteiger partial charge >= 0.3 is 0 Å². The molecule has 1 aromatic carbocycles. The zero-order valence-corrected chi connectivity index (χ0v) is 14.6. The van der Waals surface area contributed by atoms with E-state index in [1.165, 1.54) is 4.31 Å². The van der Waals surface area contributed by atoms with E-state index in [4.69, 9.17) is 11.6 Å². The summed E-state index contributed by atoms with van der Waals surface area (Å²) in [4.78, 5) is 0.364. The molecule has 1 atom stereocenters. The lowest BCUT2D eigenvalue weighted by molar-refractivity contribution is 0.315. The Balaban J connectivity index is 3.39. The third-order valence-electron chi connectivity index (χ3n) is 4.03. The van der Waals surface area contributed by atoms with Gasteiger partial charge in [0.1, 0.15) is 0 Å². The van der Waals surface area contributed by atoms with E-state index < -0.39 is 10.0 Å². The van der Waals surface area contributed by atoms with Gasteiger partial charge in [-0.15, -0.1) is 11.6 Å². The van der Waals surface area contributed by atoms with Crippen LogP contribution in [-0.4, -0.2) is 25.8 Å². The van der Waals surface area contributed by atoms with Gasteiger partial charge in [0.2, 0.25) is 10.0 Å². The summed E-state index contributed by atoms with van der Waals surface area (Å²) in [7, 11) is -1.85. The second kappa shape index (κ2) is 6.46. The van der Waals surface area contributed by atoms with E-state index in [9.17, 15) is 8.42 Å². The molecule has 0 aromatic heterocycles. The number of hydrogen-bond acceptors (Lipinski definition) is 2. The van der Waals surface area contributed by atoms with E-state index >= 15 is 0 Å². The smallest absolute Gasteiger partial charge is 0.207 e. The highest BCUT2D eigenvalue weighted by molar-refractivity contribution is 7.89. The van der Waals surface area contributed by atoms with E-state index in [-0.39, 0.29) is 12.0 Å². The number of alkyl halides is 1. The van der Waals surface area contributed by atoms with Crippen molar-refractivity contribution in [3.8, 4) is 0 Å². The van der Waals surface area contributed by atoms with Crippen LogP contribution in [0.15, 0.2) is 17.0 Å². The highest BCUT2D eigenvalue weighted by Gasteiger charge is 2.29. The number of rotatable bonds is 5. The van der Waals surface area contributed by atoms with Crippen LogP contribution in [0.5, 0.6) is 0 Å². The van der Waals surface area contributed by atoms with Gasteiger partial charge in [0.05, 0.1) is 4.90 Å². The molecule has 0 fully saturated rings. The lowest BCUT2D eigenvalue weighted by Gasteiger charge is -2.28. The molecular formula is C15H24ClNO2S. The van der Waals surface area contributed by atoms with Gasteiger partial charge < -0.3 is 0 Å². The highest BCUT2D eigenvalue weighted by Crippen LogP contribution is 2.26. The van der Waals surface area contributed by atoms with E-state index in [1.807, 2.05) is 40.7 Å². The molecule has 0 amide bonds. The van der Waals surface area contributed by atoms with Crippen LogP contribution < -0.4 is 0 Å². The second-order valence-electron chi connectivity index (χ2n) is 5.68. The number of aryl methyl sites for hydroxylation is 1. The topological polar surface area (TPSA) is 37.4 Å². The van der Waals surface area contributed by atoms with Crippen molar-refractivity contribution in [2.24, 2.45) is 5.92 Å². The van der Waals surface area contributed by atoms with Gasteiger partial charge in [0.15, 0.2) is 0 Å².